The van der Waals surface area contributed by atoms with Crippen LogP contribution in [0, 0.1) is 5.92 Å². The maximum Gasteiger partial charge on any atom is 0.210 e. The van der Waals surface area contributed by atoms with Gasteiger partial charge in [0.25, 0.3) is 0 Å². The van der Waals surface area contributed by atoms with Crippen LogP contribution in [0.2, 0.25) is 0 Å². The molecule has 0 bridgehead atoms. The number of fused-ring (bicyclic) bond motifs is 3. The summed E-state index contributed by atoms with van der Waals surface area (Å²) in [5, 5.41) is 13.0. The van der Waals surface area contributed by atoms with Crippen molar-refractivity contribution in [1.29, 1.82) is 0 Å². The van der Waals surface area contributed by atoms with Crippen molar-refractivity contribution in [2.75, 3.05) is 0 Å². The lowest BCUT2D eigenvalue weighted by Gasteiger charge is -2.33. The van der Waals surface area contributed by atoms with E-state index in [2.05, 4.69) is 32.5 Å². The van der Waals surface area contributed by atoms with Gasteiger partial charge in [-0.2, -0.15) is 0 Å². The molecule has 0 amide bonds. The zero-order valence-corrected chi connectivity index (χ0v) is 25.7. The number of Topliss-reactive ketones (excluding diaryl/α,β-unsaturated/α-hetero) is 1. The molecule has 0 heterocycles. The topological polar surface area (TPSA) is 83.8 Å². The number of rotatable bonds is 15. The number of benzene rings is 3. The molecule has 2 unspecified atom stereocenters. The first kappa shape index (κ1) is 31.8. The number of nitrogens with zero attached hydrogens (tertiary/aromatic N) is 1. The fourth-order valence-electron chi connectivity index (χ4n) is 6.18. The Balaban J connectivity index is 1.79. The average molecular weight is 578 g/mol. The minimum absolute atomic E-state index is 0.0985. The summed E-state index contributed by atoms with van der Waals surface area (Å²) in [5.74, 6) is 0.236. The van der Waals surface area contributed by atoms with E-state index >= 15 is 0 Å². The molecule has 5 heteroatoms. The standard InChI is InChI=1S/C38H43NO4/c1-5-8-10-12-36(39-43)38(42)30-18-20-32-33(21-26(7-3)11-9-6-2)25(4)31-19-17-29(22-34(31)35(32)23-30)37(41)28-15-13-27(24-40)14-16-28/h13-20,22-24,26,33,43H,4-12,21H2,1-3H3/b39-36-. The van der Waals surface area contributed by atoms with E-state index in [4.69, 9.17) is 0 Å². The molecule has 0 radical (unpaired) electrons. The zero-order valence-electron chi connectivity index (χ0n) is 25.7. The first-order valence-electron chi connectivity index (χ1n) is 15.7. The first-order valence-corrected chi connectivity index (χ1v) is 15.7. The summed E-state index contributed by atoms with van der Waals surface area (Å²) in [5.41, 5.74) is 7.09. The van der Waals surface area contributed by atoms with Gasteiger partial charge in [-0.1, -0.05) is 120 Å². The van der Waals surface area contributed by atoms with Crippen LogP contribution >= 0.6 is 0 Å². The highest BCUT2D eigenvalue weighted by Crippen LogP contribution is 2.49. The van der Waals surface area contributed by atoms with Crippen LogP contribution in [0.15, 0.2) is 72.4 Å². The second-order valence-electron chi connectivity index (χ2n) is 11.7. The van der Waals surface area contributed by atoms with Gasteiger partial charge in [0.2, 0.25) is 5.78 Å². The van der Waals surface area contributed by atoms with E-state index in [1.807, 2.05) is 36.4 Å². The Hall–Kier alpha value is -4.12. The zero-order chi connectivity index (χ0) is 30.9. The number of allylic oxidation sites excluding steroid dienone is 1. The quantitative estimate of drug-likeness (QED) is 0.0487. The molecule has 0 saturated carbocycles. The molecule has 1 aliphatic carbocycles. The summed E-state index contributed by atoms with van der Waals surface area (Å²) in [4.78, 5) is 38.1. The van der Waals surface area contributed by atoms with Gasteiger partial charge >= 0.3 is 0 Å². The van der Waals surface area contributed by atoms with Crippen LogP contribution in [0.3, 0.4) is 0 Å². The highest BCUT2D eigenvalue weighted by molar-refractivity contribution is 6.46. The molecule has 4 rings (SSSR count). The monoisotopic (exact) mass is 577 g/mol. The summed E-state index contributed by atoms with van der Waals surface area (Å²) in [6, 6.07) is 18.1. The van der Waals surface area contributed by atoms with Crippen LogP contribution in [0.5, 0.6) is 0 Å². The minimum Gasteiger partial charge on any atom is -0.411 e. The van der Waals surface area contributed by atoms with E-state index in [-0.39, 0.29) is 23.2 Å². The molecule has 224 valence electrons. The van der Waals surface area contributed by atoms with Crippen LogP contribution in [-0.4, -0.2) is 28.8 Å². The number of hydrogen-bond acceptors (Lipinski definition) is 5. The highest BCUT2D eigenvalue weighted by Gasteiger charge is 2.31. The van der Waals surface area contributed by atoms with E-state index in [0.29, 0.717) is 34.6 Å². The molecule has 3 aromatic carbocycles. The van der Waals surface area contributed by atoms with Crippen LogP contribution in [0.4, 0.5) is 0 Å². The van der Waals surface area contributed by atoms with Gasteiger partial charge in [0.05, 0.1) is 0 Å². The van der Waals surface area contributed by atoms with Gasteiger partial charge in [0.1, 0.15) is 12.0 Å². The van der Waals surface area contributed by atoms with Crippen molar-refractivity contribution in [2.24, 2.45) is 11.1 Å². The van der Waals surface area contributed by atoms with Crippen molar-refractivity contribution in [3.63, 3.8) is 0 Å². The molecule has 1 aliphatic rings. The normalized spacial score (nSPS) is 15.0. The van der Waals surface area contributed by atoms with Crippen LogP contribution in [0.25, 0.3) is 16.7 Å². The second kappa shape index (κ2) is 14.9. The third kappa shape index (κ3) is 7.10. The summed E-state index contributed by atoms with van der Waals surface area (Å²) in [6.45, 7) is 11.1. The fourth-order valence-corrected chi connectivity index (χ4v) is 6.18. The van der Waals surface area contributed by atoms with E-state index < -0.39 is 0 Å². The Morgan fingerprint density at radius 1 is 0.860 bits per heavy atom. The van der Waals surface area contributed by atoms with E-state index in [0.717, 1.165) is 72.6 Å². The molecule has 5 nitrogen and oxygen atoms in total. The maximum atomic E-state index is 13.5. The Kier molecular flexibility index (Phi) is 11.0. The number of hydrogen-bond donors (Lipinski definition) is 1. The van der Waals surface area contributed by atoms with Gasteiger partial charge in [-0.3, -0.25) is 14.4 Å². The van der Waals surface area contributed by atoms with Crippen molar-refractivity contribution in [1.82, 2.24) is 0 Å². The van der Waals surface area contributed by atoms with E-state index in [1.165, 1.54) is 12.8 Å². The molecular formula is C38H43NO4. The Morgan fingerprint density at radius 3 is 2.19 bits per heavy atom. The number of carbonyl (C=O) groups is 3. The van der Waals surface area contributed by atoms with E-state index in [9.17, 15) is 19.6 Å². The van der Waals surface area contributed by atoms with Crippen LogP contribution < -0.4 is 0 Å². The number of oxime groups is 1. The number of aldehydes is 1. The molecule has 0 aromatic heterocycles. The highest BCUT2D eigenvalue weighted by atomic mass is 16.4. The van der Waals surface area contributed by atoms with Gasteiger partial charge in [-0.05, 0) is 65.1 Å². The molecule has 43 heavy (non-hydrogen) atoms. The smallest absolute Gasteiger partial charge is 0.210 e. The Bertz CT molecular complexity index is 1520. The molecular weight excluding hydrogens is 534 g/mol. The Labute approximate surface area is 255 Å². The minimum atomic E-state index is -0.277. The fraction of sp³-hybridized carbons (Fsp3) is 0.368. The molecule has 1 N–H and O–H groups in total. The lowest BCUT2D eigenvalue weighted by molar-refractivity contribution is 0.103. The summed E-state index contributed by atoms with van der Waals surface area (Å²) < 4.78 is 0. The average Bonchev–Trinajstić information content (AvgIpc) is 3.05. The second-order valence-corrected chi connectivity index (χ2v) is 11.7. The maximum absolute atomic E-state index is 13.5. The number of unbranched alkanes of at least 4 members (excludes halogenated alkanes) is 3. The number of carbonyl (C=O) groups excluding carboxylic acids is 3. The molecule has 0 aliphatic heterocycles. The molecule has 0 saturated heterocycles. The predicted octanol–water partition coefficient (Wildman–Crippen LogP) is 9.71. The Morgan fingerprint density at radius 2 is 1.53 bits per heavy atom. The molecule has 0 spiro atoms. The van der Waals surface area contributed by atoms with Gasteiger partial charge in [0.15, 0.2) is 5.78 Å². The largest absolute Gasteiger partial charge is 0.411 e. The molecule has 2 atom stereocenters. The lowest BCUT2D eigenvalue weighted by atomic mass is 9.71. The van der Waals surface area contributed by atoms with Gasteiger partial charge < -0.3 is 5.21 Å². The number of ketones is 2. The summed E-state index contributed by atoms with van der Waals surface area (Å²) >= 11 is 0. The van der Waals surface area contributed by atoms with Gasteiger partial charge in [0, 0.05) is 28.2 Å². The molecule has 3 aromatic rings. The van der Waals surface area contributed by atoms with Crippen molar-refractivity contribution in [2.45, 2.75) is 84.5 Å². The predicted molar refractivity (Wildman–Crippen MR) is 175 cm³/mol. The van der Waals surface area contributed by atoms with Crippen LogP contribution in [-0.2, 0) is 0 Å². The van der Waals surface area contributed by atoms with Crippen molar-refractivity contribution >= 4 is 29.1 Å². The van der Waals surface area contributed by atoms with E-state index in [1.54, 1.807) is 24.3 Å². The third-order valence-corrected chi connectivity index (χ3v) is 8.85. The lowest BCUT2D eigenvalue weighted by Crippen LogP contribution is -2.18. The van der Waals surface area contributed by atoms with Crippen molar-refractivity contribution < 1.29 is 19.6 Å². The first-order chi connectivity index (χ1) is 20.9. The summed E-state index contributed by atoms with van der Waals surface area (Å²) in [6.07, 6.45) is 9.51. The summed E-state index contributed by atoms with van der Waals surface area (Å²) in [7, 11) is 0. The van der Waals surface area contributed by atoms with Crippen molar-refractivity contribution in [3.8, 4) is 11.1 Å². The van der Waals surface area contributed by atoms with Gasteiger partial charge in [-0.25, -0.2) is 0 Å². The van der Waals surface area contributed by atoms with Crippen LogP contribution in [0.1, 0.15) is 132 Å². The third-order valence-electron chi connectivity index (χ3n) is 8.85. The molecule has 0 fully saturated rings. The SMILES string of the molecule is C=C1c2ccc(C(=O)c3ccc(C=O)cc3)cc2-c2cc(C(=O)/C(CCCCC)=N\O)ccc2C1CC(CC)CCCC. The van der Waals surface area contributed by atoms with Crippen molar-refractivity contribution in [3.05, 3.63) is 101 Å². The van der Waals surface area contributed by atoms with Gasteiger partial charge in [-0.15, -0.1) is 0 Å².